The van der Waals surface area contributed by atoms with Crippen LogP contribution in [0.3, 0.4) is 0 Å². The first-order chi connectivity index (χ1) is 7.88. The van der Waals surface area contributed by atoms with E-state index in [4.69, 9.17) is 5.11 Å². The van der Waals surface area contributed by atoms with Crippen LogP contribution in [0.4, 0.5) is 0 Å². The van der Waals surface area contributed by atoms with Crippen molar-refractivity contribution in [2.24, 2.45) is 5.92 Å². The molecule has 1 saturated carbocycles. The van der Waals surface area contributed by atoms with E-state index in [1.807, 2.05) is 6.08 Å². The maximum atomic E-state index is 8.66. The van der Waals surface area contributed by atoms with E-state index in [-0.39, 0.29) is 0 Å². The van der Waals surface area contributed by atoms with Gasteiger partial charge >= 0.3 is 0 Å². The van der Waals surface area contributed by atoms with Crippen LogP contribution < -0.4 is 5.32 Å². The van der Waals surface area contributed by atoms with Crippen molar-refractivity contribution in [3.05, 3.63) is 12.7 Å². The molecule has 0 aromatic rings. The second-order valence-electron chi connectivity index (χ2n) is 4.90. The van der Waals surface area contributed by atoms with Crippen LogP contribution in [0.5, 0.6) is 0 Å². The third kappa shape index (κ3) is 6.29. The molecule has 0 aromatic heterocycles. The normalized spacial score (nSPS) is 17.3. The Morgan fingerprint density at radius 2 is 2.00 bits per heavy atom. The summed E-state index contributed by atoms with van der Waals surface area (Å²) in [6.45, 7) is 5.28. The number of nitrogens with one attached hydrogen (secondary N) is 1. The van der Waals surface area contributed by atoms with Gasteiger partial charge in [0.05, 0.1) is 0 Å². The first-order valence-corrected chi connectivity index (χ1v) is 6.83. The molecule has 1 aliphatic rings. The average Bonchev–Trinajstić information content (AvgIpc) is 3.11. The molecule has 0 radical (unpaired) electrons. The summed E-state index contributed by atoms with van der Waals surface area (Å²) >= 11 is 0. The number of hydrogen-bond donors (Lipinski definition) is 2. The minimum Gasteiger partial charge on any atom is -0.396 e. The number of aliphatic hydroxyl groups excluding tert-OH is 1. The molecule has 1 aliphatic carbocycles. The minimum absolute atomic E-state index is 0.345. The summed E-state index contributed by atoms with van der Waals surface area (Å²) in [6, 6.07) is 0.732. The van der Waals surface area contributed by atoms with Crippen molar-refractivity contribution in [1.82, 2.24) is 5.32 Å². The standard InChI is InChI=1S/C14H27NO/c1-2-3-8-14(13-9-10-13)15-11-6-4-5-7-12-16/h2,13-16H,1,3-12H2. The van der Waals surface area contributed by atoms with Crippen LogP contribution in [-0.4, -0.2) is 24.3 Å². The van der Waals surface area contributed by atoms with E-state index < -0.39 is 0 Å². The third-order valence-corrected chi connectivity index (χ3v) is 3.36. The zero-order chi connectivity index (χ0) is 11.6. The van der Waals surface area contributed by atoms with Gasteiger partial charge < -0.3 is 10.4 Å². The molecule has 0 saturated heterocycles. The van der Waals surface area contributed by atoms with E-state index >= 15 is 0 Å². The molecule has 94 valence electrons. The van der Waals surface area contributed by atoms with Gasteiger partial charge in [-0.1, -0.05) is 18.9 Å². The predicted octanol–water partition coefficient (Wildman–Crippen LogP) is 2.87. The first kappa shape index (κ1) is 13.7. The molecule has 0 aliphatic heterocycles. The van der Waals surface area contributed by atoms with Crippen molar-refractivity contribution in [3.8, 4) is 0 Å². The summed E-state index contributed by atoms with van der Waals surface area (Å²) in [4.78, 5) is 0. The number of allylic oxidation sites excluding steroid dienone is 1. The maximum Gasteiger partial charge on any atom is 0.0431 e. The van der Waals surface area contributed by atoms with Gasteiger partial charge in [-0.3, -0.25) is 0 Å². The van der Waals surface area contributed by atoms with Crippen molar-refractivity contribution < 1.29 is 5.11 Å². The lowest BCUT2D eigenvalue weighted by molar-refractivity contribution is 0.282. The average molecular weight is 225 g/mol. The monoisotopic (exact) mass is 225 g/mol. The lowest BCUT2D eigenvalue weighted by Crippen LogP contribution is -2.31. The van der Waals surface area contributed by atoms with Crippen LogP contribution in [-0.2, 0) is 0 Å². The number of aliphatic hydroxyl groups is 1. The molecule has 16 heavy (non-hydrogen) atoms. The first-order valence-electron chi connectivity index (χ1n) is 6.83. The van der Waals surface area contributed by atoms with E-state index in [1.54, 1.807) is 0 Å². The molecule has 1 unspecified atom stereocenters. The van der Waals surface area contributed by atoms with Crippen LogP contribution in [0.1, 0.15) is 51.4 Å². The molecule has 0 bridgehead atoms. The van der Waals surface area contributed by atoms with Crippen molar-refractivity contribution in [3.63, 3.8) is 0 Å². The van der Waals surface area contributed by atoms with Gasteiger partial charge in [0, 0.05) is 12.6 Å². The van der Waals surface area contributed by atoms with Gasteiger partial charge in [0.2, 0.25) is 0 Å². The Kier molecular flexibility index (Phi) is 7.52. The summed E-state index contributed by atoms with van der Waals surface area (Å²) in [6.07, 6.45) is 11.9. The summed E-state index contributed by atoms with van der Waals surface area (Å²) < 4.78 is 0. The van der Waals surface area contributed by atoms with E-state index in [1.165, 1.54) is 38.5 Å². The molecule has 2 heteroatoms. The Morgan fingerprint density at radius 1 is 1.25 bits per heavy atom. The van der Waals surface area contributed by atoms with Crippen molar-refractivity contribution >= 4 is 0 Å². The van der Waals surface area contributed by atoms with E-state index in [0.29, 0.717) is 6.61 Å². The van der Waals surface area contributed by atoms with E-state index in [9.17, 15) is 0 Å². The fourth-order valence-electron chi connectivity index (χ4n) is 2.18. The molecule has 1 fully saturated rings. The smallest absolute Gasteiger partial charge is 0.0431 e. The molecule has 2 N–H and O–H groups in total. The number of hydrogen-bond acceptors (Lipinski definition) is 2. The van der Waals surface area contributed by atoms with Crippen molar-refractivity contribution in [1.29, 1.82) is 0 Å². The van der Waals surface area contributed by atoms with Gasteiger partial charge in [-0.25, -0.2) is 0 Å². The molecule has 1 rings (SSSR count). The summed E-state index contributed by atoms with van der Waals surface area (Å²) in [5.74, 6) is 0.942. The highest BCUT2D eigenvalue weighted by molar-refractivity contribution is 4.87. The van der Waals surface area contributed by atoms with Gasteiger partial charge in [-0.05, 0) is 51.0 Å². The van der Waals surface area contributed by atoms with Crippen molar-refractivity contribution in [2.45, 2.75) is 57.4 Å². The maximum absolute atomic E-state index is 8.66. The van der Waals surface area contributed by atoms with E-state index in [2.05, 4.69) is 11.9 Å². The molecule has 2 nitrogen and oxygen atoms in total. The molecule has 0 aromatic carbocycles. The highest BCUT2D eigenvalue weighted by Gasteiger charge is 2.29. The minimum atomic E-state index is 0.345. The highest BCUT2D eigenvalue weighted by atomic mass is 16.2. The van der Waals surface area contributed by atoms with Crippen LogP contribution in [0.2, 0.25) is 0 Å². The quantitative estimate of drug-likeness (QED) is 0.418. The Hall–Kier alpha value is -0.340. The fourth-order valence-corrected chi connectivity index (χ4v) is 2.18. The van der Waals surface area contributed by atoms with Gasteiger partial charge in [-0.15, -0.1) is 6.58 Å². The molecular weight excluding hydrogens is 198 g/mol. The second kappa shape index (κ2) is 8.77. The number of unbranched alkanes of at least 4 members (excludes halogenated alkanes) is 3. The molecule has 0 amide bonds. The Balaban J connectivity index is 1.97. The number of rotatable bonds is 11. The van der Waals surface area contributed by atoms with Crippen LogP contribution in [0, 0.1) is 5.92 Å². The summed E-state index contributed by atoms with van der Waals surface area (Å²) in [7, 11) is 0. The Labute approximate surface area is 100 Å². The summed E-state index contributed by atoms with van der Waals surface area (Å²) in [5, 5.41) is 12.3. The predicted molar refractivity (Wildman–Crippen MR) is 69.5 cm³/mol. The Bertz CT molecular complexity index is 178. The highest BCUT2D eigenvalue weighted by Crippen LogP contribution is 2.34. The fraction of sp³-hybridized carbons (Fsp3) is 0.857. The zero-order valence-electron chi connectivity index (χ0n) is 10.5. The molecule has 0 heterocycles. The van der Waals surface area contributed by atoms with Gasteiger partial charge in [0.25, 0.3) is 0 Å². The van der Waals surface area contributed by atoms with Crippen LogP contribution in [0.15, 0.2) is 12.7 Å². The lowest BCUT2D eigenvalue weighted by Gasteiger charge is -2.17. The van der Waals surface area contributed by atoms with Gasteiger partial charge in [0.1, 0.15) is 0 Å². The Morgan fingerprint density at radius 3 is 2.62 bits per heavy atom. The lowest BCUT2D eigenvalue weighted by atomic mass is 10.1. The molecule has 0 spiro atoms. The molecule has 1 atom stereocenters. The largest absolute Gasteiger partial charge is 0.396 e. The SMILES string of the molecule is C=CCCC(NCCCCCCO)C1CC1. The van der Waals surface area contributed by atoms with Gasteiger partial charge in [-0.2, -0.15) is 0 Å². The zero-order valence-corrected chi connectivity index (χ0v) is 10.5. The summed E-state index contributed by atoms with van der Waals surface area (Å²) in [5.41, 5.74) is 0. The van der Waals surface area contributed by atoms with Gasteiger partial charge in [0.15, 0.2) is 0 Å². The molecular formula is C14H27NO. The third-order valence-electron chi connectivity index (χ3n) is 3.36. The van der Waals surface area contributed by atoms with E-state index in [0.717, 1.165) is 31.3 Å². The van der Waals surface area contributed by atoms with Crippen LogP contribution >= 0.6 is 0 Å². The van der Waals surface area contributed by atoms with Crippen molar-refractivity contribution in [2.75, 3.05) is 13.2 Å². The second-order valence-corrected chi connectivity index (χ2v) is 4.90. The topological polar surface area (TPSA) is 32.3 Å². The van der Waals surface area contributed by atoms with Crippen LogP contribution in [0.25, 0.3) is 0 Å².